The molecule has 0 heterocycles. The van der Waals surface area contributed by atoms with E-state index in [0.29, 0.717) is 0 Å². The van der Waals surface area contributed by atoms with Crippen molar-refractivity contribution < 1.29 is 9.47 Å². The molecular weight excluding hydrogens is 308 g/mol. The molecule has 0 N–H and O–H groups in total. The monoisotopic (exact) mass is 340 g/mol. The number of hydrogen-bond acceptors (Lipinski definition) is 2. The smallest absolute Gasteiger partial charge is 0.119 e. The summed E-state index contributed by atoms with van der Waals surface area (Å²) in [7, 11) is 0. The third-order valence-corrected chi connectivity index (χ3v) is 4.30. The Morgan fingerprint density at radius 1 is 0.680 bits per heavy atom. The van der Waals surface area contributed by atoms with Gasteiger partial charge >= 0.3 is 0 Å². The topological polar surface area (TPSA) is 18.5 Å². The van der Waals surface area contributed by atoms with Gasteiger partial charge in [-0.2, -0.15) is 0 Å². The Morgan fingerprint density at radius 2 is 1.12 bits per heavy atom. The lowest BCUT2D eigenvalue weighted by Crippen LogP contribution is -2.19. The first-order chi connectivity index (χ1) is 11.7. The average molecular weight is 341 g/mol. The Morgan fingerprint density at radius 3 is 1.52 bits per heavy atom. The summed E-state index contributed by atoms with van der Waals surface area (Å²) in [6.07, 6.45) is 1.02. The zero-order valence-corrected chi connectivity index (χ0v) is 16.6. The second-order valence-corrected chi connectivity index (χ2v) is 8.37. The molecule has 2 rings (SSSR count). The van der Waals surface area contributed by atoms with Crippen molar-refractivity contribution in [1.29, 1.82) is 0 Å². The van der Waals surface area contributed by atoms with Gasteiger partial charge in [-0.25, -0.2) is 0 Å². The first-order valence-corrected chi connectivity index (χ1v) is 9.19. The molecule has 0 radical (unpaired) electrons. The van der Waals surface area contributed by atoms with E-state index in [9.17, 15) is 0 Å². The minimum atomic E-state index is -0.0636. The van der Waals surface area contributed by atoms with Gasteiger partial charge < -0.3 is 9.47 Å². The zero-order chi connectivity index (χ0) is 18.5. The standard InChI is InChI=1S/C23H32O2/c1-7-16-24-20-12-8-18(9-13-20)23(5,6)19-10-14-21(15-11-19)25-17-22(2,3)4/h8-15H,7,16-17H2,1-6H3. The van der Waals surface area contributed by atoms with Crippen molar-refractivity contribution in [3.05, 3.63) is 59.7 Å². The van der Waals surface area contributed by atoms with Crippen LogP contribution in [-0.4, -0.2) is 13.2 Å². The maximum atomic E-state index is 5.88. The molecule has 0 spiro atoms. The Hall–Kier alpha value is -1.96. The molecule has 0 amide bonds. The van der Waals surface area contributed by atoms with Gasteiger partial charge in [0, 0.05) is 5.41 Å². The van der Waals surface area contributed by atoms with E-state index in [1.54, 1.807) is 0 Å². The molecule has 2 aromatic rings. The molecule has 0 bridgehead atoms. The Labute approximate surface area is 153 Å². The Balaban J connectivity index is 2.10. The second kappa shape index (κ2) is 7.95. The highest BCUT2D eigenvalue weighted by Crippen LogP contribution is 2.33. The maximum absolute atomic E-state index is 5.88. The summed E-state index contributed by atoms with van der Waals surface area (Å²) in [6, 6.07) is 16.9. The van der Waals surface area contributed by atoms with Gasteiger partial charge in [-0.15, -0.1) is 0 Å². The predicted octanol–water partition coefficient (Wildman–Crippen LogP) is 6.23. The van der Waals surface area contributed by atoms with Gasteiger partial charge in [-0.3, -0.25) is 0 Å². The highest BCUT2D eigenvalue weighted by Gasteiger charge is 2.23. The Bertz CT molecular complexity index is 646. The zero-order valence-electron chi connectivity index (χ0n) is 16.6. The largest absolute Gasteiger partial charge is 0.494 e. The molecule has 25 heavy (non-hydrogen) atoms. The molecule has 0 aliphatic carbocycles. The maximum Gasteiger partial charge on any atom is 0.119 e. The molecule has 2 heteroatoms. The van der Waals surface area contributed by atoms with E-state index in [0.717, 1.165) is 31.1 Å². The minimum Gasteiger partial charge on any atom is -0.494 e. The summed E-state index contributed by atoms with van der Waals surface area (Å²) in [5.41, 5.74) is 2.66. The molecule has 0 fully saturated rings. The first kappa shape index (κ1) is 19.4. The molecule has 0 atom stereocenters. The number of rotatable bonds is 7. The van der Waals surface area contributed by atoms with Crippen LogP contribution in [0.5, 0.6) is 11.5 Å². The van der Waals surface area contributed by atoms with Crippen LogP contribution in [0.2, 0.25) is 0 Å². The van der Waals surface area contributed by atoms with Gasteiger partial charge in [-0.05, 0) is 47.2 Å². The SMILES string of the molecule is CCCOc1ccc(C(C)(C)c2ccc(OCC(C)(C)C)cc2)cc1. The van der Waals surface area contributed by atoms with Crippen LogP contribution in [-0.2, 0) is 5.41 Å². The van der Waals surface area contributed by atoms with Crippen molar-refractivity contribution in [3.8, 4) is 11.5 Å². The molecule has 0 aromatic heterocycles. The van der Waals surface area contributed by atoms with Crippen LogP contribution < -0.4 is 9.47 Å². The summed E-state index contributed by atoms with van der Waals surface area (Å²) in [4.78, 5) is 0. The second-order valence-electron chi connectivity index (χ2n) is 8.37. The van der Waals surface area contributed by atoms with Gasteiger partial charge in [0.2, 0.25) is 0 Å². The van der Waals surface area contributed by atoms with Gasteiger partial charge in [0.1, 0.15) is 11.5 Å². The van der Waals surface area contributed by atoms with Crippen molar-refractivity contribution in [2.75, 3.05) is 13.2 Å². The molecule has 0 aliphatic rings. The van der Waals surface area contributed by atoms with Crippen LogP contribution in [0.25, 0.3) is 0 Å². The number of ether oxygens (including phenoxy) is 2. The fourth-order valence-electron chi connectivity index (χ4n) is 2.62. The summed E-state index contributed by atoms with van der Waals surface area (Å²) < 4.78 is 11.6. The molecule has 2 aromatic carbocycles. The van der Waals surface area contributed by atoms with Gasteiger partial charge in [0.05, 0.1) is 13.2 Å². The normalized spacial score (nSPS) is 12.1. The van der Waals surface area contributed by atoms with Crippen LogP contribution in [0.4, 0.5) is 0 Å². The molecule has 0 unspecified atom stereocenters. The van der Waals surface area contributed by atoms with E-state index < -0.39 is 0 Å². The van der Waals surface area contributed by atoms with E-state index in [-0.39, 0.29) is 10.8 Å². The third-order valence-electron chi connectivity index (χ3n) is 4.30. The van der Waals surface area contributed by atoms with E-state index in [4.69, 9.17) is 9.47 Å². The third kappa shape index (κ3) is 5.52. The fraction of sp³-hybridized carbons (Fsp3) is 0.478. The quantitative estimate of drug-likeness (QED) is 0.595. The van der Waals surface area contributed by atoms with Gasteiger partial charge in [0.15, 0.2) is 0 Å². The van der Waals surface area contributed by atoms with E-state index in [2.05, 4.69) is 90.1 Å². The highest BCUT2D eigenvalue weighted by molar-refractivity contribution is 5.41. The van der Waals surface area contributed by atoms with E-state index in [1.807, 2.05) is 0 Å². The molecule has 0 saturated heterocycles. The van der Waals surface area contributed by atoms with Crippen LogP contribution in [0, 0.1) is 5.41 Å². The van der Waals surface area contributed by atoms with Crippen LogP contribution in [0.15, 0.2) is 48.5 Å². The lowest BCUT2D eigenvalue weighted by molar-refractivity contribution is 0.198. The molecule has 0 aliphatic heterocycles. The van der Waals surface area contributed by atoms with Crippen LogP contribution >= 0.6 is 0 Å². The number of benzene rings is 2. The van der Waals surface area contributed by atoms with Crippen LogP contribution in [0.3, 0.4) is 0 Å². The lowest BCUT2D eigenvalue weighted by atomic mass is 9.78. The van der Waals surface area contributed by atoms with Crippen molar-refractivity contribution in [3.63, 3.8) is 0 Å². The highest BCUT2D eigenvalue weighted by atomic mass is 16.5. The molecule has 136 valence electrons. The minimum absolute atomic E-state index is 0.0636. The average Bonchev–Trinajstić information content (AvgIpc) is 2.58. The summed E-state index contributed by atoms with van der Waals surface area (Å²) in [5.74, 6) is 1.87. The summed E-state index contributed by atoms with van der Waals surface area (Å²) in [6.45, 7) is 14.6. The first-order valence-electron chi connectivity index (χ1n) is 9.19. The van der Waals surface area contributed by atoms with Gasteiger partial charge in [0.25, 0.3) is 0 Å². The Kier molecular flexibility index (Phi) is 6.16. The van der Waals surface area contributed by atoms with Gasteiger partial charge in [-0.1, -0.05) is 65.8 Å². The summed E-state index contributed by atoms with van der Waals surface area (Å²) >= 11 is 0. The van der Waals surface area contributed by atoms with Crippen LogP contribution in [0.1, 0.15) is 59.1 Å². The van der Waals surface area contributed by atoms with Crippen molar-refractivity contribution in [2.45, 2.75) is 53.4 Å². The van der Waals surface area contributed by atoms with Crippen molar-refractivity contribution in [1.82, 2.24) is 0 Å². The molecule has 0 saturated carbocycles. The van der Waals surface area contributed by atoms with Crippen molar-refractivity contribution in [2.24, 2.45) is 5.41 Å². The lowest BCUT2D eigenvalue weighted by Gasteiger charge is -2.27. The number of hydrogen-bond donors (Lipinski definition) is 0. The molecule has 2 nitrogen and oxygen atoms in total. The summed E-state index contributed by atoms with van der Waals surface area (Å²) in [5, 5.41) is 0. The molecular formula is C23H32O2. The van der Waals surface area contributed by atoms with E-state index >= 15 is 0 Å². The predicted molar refractivity (Wildman–Crippen MR) is 106 cm³/mol. The van der Waals surface area contributed by atoms with Crippen molar-refractivity contribution >= 4 is 0 Å². The fourth-order valence-corrected chi connectivity index (χ4v) is 2.62. The van der Waals surface area contributed by atoms with E-state index in [1.165, 1.54) is 11.1 Å².